The summed E-state index contributed by atoms with van der Waals surface area (Å²) in [6, 6.07) is 8.94. The van der Waals surface area contributed by atoms with Crippen molar-refractivity contribution in [3.05, 3.63) is 54.1 Å². The molecular weight excluding hydrogens is 430 g/mol. The van der Waals surface area contributed by atoms with Crippen LogP contribution in [0.2, 0.25) is 0 Å². The molecule has 33 heavy (non-hydrogen) atoms. The maximum Gasteiger partial charge on any atom is 0.322 e. The highest BCUT2D eigenvalue weighted by atomic mass is 19.3. The van der Waals surface area contributed by atoms with Crippen LogP contribution in [0.4, 0.5) is 8.78 Å². The molecular formula is C24H22F2N4O3. The fraction of sp³-hybridized carbons (Fsp3) is 0.375. The van der Waals surface area contributed by atoms with Crippen molar-refractivity contribution < 1.29 is 23.1 Å². The normalized spacial score (nSPS) is 30.5. The average molecular weight is 452 g/mol. The number of nitriles is 1. The van der Waals surface area contributed by atoms with Gasteiger partial charge in [-0.15, -0.1) is 0 Å². The number of primary amides is 1. The number of nitrogens with two attached hydrogens (primary N) is 1. The minimum atomic E-state index is -3.28. The first-order chi connectivity index (χ1) is 15.6. The van der Waals surface area contributed by atoms with Gasteiger partial charge in [0.05, 0.1) is 5.69 Å². The number of esters is 1. The summed E-state index contributed by atoms with van der Waals surface area (Å²) in [7, 11) is 0. The number of nitrogens with zero attached hydrogens (tertiary/aromatic N) is 3. The Morgan fingerprint density at radius 1 is 1.30 bits per heavy atom. The SMILES string of the molecule is CC1OC(=O)C2(C(N)=O)CC(F)(F)C(C)C(/C=C/c3ccc(-c4cccnc4C#N)cn3)C12. The van der Waals surface area contributed by atoms with E-state index in [9.17, 15) is 23.6 Å². The number of cyclic esters (lactones) is 1. The summed E-state index contributed by atoms with van der Waals surface area (Å²) < 4.78 is 35.1. The minimum Gasteiger partial charge on any atom is -0.461 e. The van der Waals surface area contributed by atoms with Gasteiger partial charge < -0.3 is 10.5 Å². The molecule has 7 nitrogen and oxygen atoms in total. The van der Waals surface area contributed by atoms with Crippen LogP contribution in [0.5, 0.6) is 0 Å². The molecule has 1 saturated heterocycles. The highest BCUT2D eigenvalue weighted by molar-refractivity contribution is 6.04. The van der Waals surface area contributed by atoms with Gasteiger partial charge >= 0.3 is 5.97 Å². The number of amides is 1. The van der Waals surface area contributed by atoms with Gasteiger partial charge in [-0.2, -0.15) is 5.26 Å². The van der Waals surface area contributed by atoms with Crippen molar-refractivity contribution in [2.75, 3.05) is 0 Å². The molecule has 2 aromatic rings. The Hall–Kier alpha value is -3.67. The third-order valence-corrected chi connectivity index (χ3v) is 6.84. The third-order valence-electron chi connectivity index (χ3n) is 6.84. The number of carbonyl (C=O) groups excluding carboxylic acids is 2. The van der Waals surface area contributed by atoms with Crippen LogP contribution in [-0.4, -0.2) is 33.9 Å². The molecule has 0 radical (unpaired) electrons. The predicted octanol–water partition coefficient (Wildman–Crippen LogP) is 3.35. The van der Waals surface area contributed by atoms with Crippen molar-refractivity contribution in [3.63, 3.8) is 0 Å². The van der Waals surface area contributed by atoms with Crippen molar-refractivity contribution in [2.24, 2.45) is 28.9 Å². The summed E-state index contributed by atoms with van der Waals surface area (Å²) in [5.41, 5.74) is 5.50. The van der Waals surface area contributed by atoms with Crippen molar-refractivity contribution in [1.29, 1.82) is 5.26 Å². The quantitative estimate of drug-likeness (QED) is 0.561. The molecule has 2 aromatic heterocycles. The molecule has 0 bridgehead atoms. The Labute approximate surface area is 189 Å². The summed E-state index contributed by atoms with van der Waals surface area (Å²) in [5.74, 6) is -8.14. The van der Waals surface area contributed by atoms with Gasteiger partial charge in [0.2, 0.25) is 5.91 Å². The summed E-state index contributed by atoms with van der Waals surface area (Å²) in [6.07, 6.45) is 4.55. The van der Waals surface area contributed by atoms with Crippen LogP contribution < -0.4 is 5.73 Å². The second-order valence-corrected chi connectivity index (χ2v) is 8.62. The third kappa shape index (κ3) is 3.55. The van der Waals surface area contributed by atoms with Crippen molar-refractivity contribution in [2.45, 2.75) is 32.3 Å². The Bertz CT molecular complexity index is 1170. The van der Waals surface area contributed by atoms with Gasteiger partial charge in [0.15, 0.2) is 5.41 Å². The van der Waals surface area contributed by atoms with Crippen LogP contribution in [0.1, 0.15) is 31.7 Å². The molecule has 2 fully saturated rings. The van der Waals surface area contributed by atoms with E-state index in [4.69, 9.17) is 10.5 Å². The summed E-state index contributed by atoms with van der Waals surface area (Å²) in [5, 5.41) is 9.23. The van der Waals surface area contributed by atoms with Gasteiger partial charge in [-0.25, -0.2) is 13.8 Å². The fourth-order valence-electron chi connectivity index (χ4n) is 5.08. The van der Waals surface area contributed by atoms with Crippen molar-refractivity contribution in [3.8, 4) is 17.2 Å². The number of pyridine rings is 2. The number of allylic oxidation sites excluding steroid dienone is 1. The van der Waals surface area contributed by atoms with Crippen LogP contribution in [0.15, 0.2) is 42.7 Å². The largest absolute Gasteiger partial charge is 0.461 e. The number of rotatable bonds is 4. The molecule has 4 rings (SSSR count). The lowest BCUT2D eigenvalue weighted by Crippen LogP contribution is -2.58. The first-order valence-corrected chi connectivity index (χ1v) is 10.5. The molecule has 5 atom stereocenters. The lowest BCUT2D eigenvalue weighted by Gasteiger charge is -2.46. The molecule has 2 N–H and O–H groups in total. The highest BCUT2D eigenvalue weighted by Gasteiger charge is 2.70. The summed E-state index contributed by atoms with van der Waals surface area (Å²) >= 11 is 0. The minimum absolute atomic E-state index is 0.267. The highest BCUT2D eigenvalue weighted by Crippen LogP contribution is 2.59. The van der Waals surface area contributed by atoms with Gasteiger partial charge in [0, 0.05) is 41.8 Å². The van der Waals surface area contributed by atoms with Gasteiger partial charge in [-0.05, 0) is 37.1 Å². The molecule has 1 saturated carbocycles. The number of hydrogen-bond donors (Lipinski definition) is 1. The molecule has 0 aromatic carbocycles. The second kappa shape index (κ2) is 8.03. The second-order valence-electron chi connectivity index (χ2n) is 8.62. The fourth-order valence-corrected chi connectivity index (χ4v) is 5.08. The number of carbonyl (C=O) groups is 2. The first-order valence-electron chi connectivity index (χ1n) is 10.5. The Kier molecular flexibility index (Phi) is 5.48. The van der Waals surface area contributed by atoms with Crippen molar-refractivity contribution in [1.82, 2.24) is 9.97 Å². The molecule has 1 aliphatic heterocycles. The zero-order valence-electron chi connectivity index (χ0n) is 18.0. The maximum atomic E-state index is 14.9. The number of alkyl halides is 2. The van der Waals surface area contributed by atoms with E-state index in [1.807, 2.05) is 6.07 Å². The first kappa shape index (κ1) is 22.5. The molecule has 3 heterocycles. The molecule has 5 unspecified atom stereocenters. The molecule has 170 valence electrons. The molecule has 2 aliphatic rings. The van der Waals surface area contributed by atoms with Crippen molar-refractivity contribution >= 4 is 18.0 Å². The standard InChI is InChI=1S/C24H22F2N4O3/c1-13-17(20-14(2)33-22(32)23(20,21(28)31)12-24(13,25)26)8-7-16-6-5-15(11-30-16)18-4-3-9-29-19(18)10-27/h3-9,11,13-14,17,20H,12H2,1-2H3,(H2,28,31)/b8-7+. The molecule has 0 spiro atoms. The van der Waals surface area contributed by atoms with E-state index in [-0.39, 0.29) is 5.69 Å². The van der Waals surface area contributed by atoms with E-state index in [0.29, 0.717) is 16.8 Å². The smallest absolute Gasteiger partial charge is 0.322 e. The molecule has 1 amide bonds. The Morgan fingerprint density at radius 3 is 2.70 bits per heavy atom. The number of halogens is 2. The number of aromatic nitrogens is 2. The van der Waals surface area contributed by atoms with E-state index in [2.05, 4.69) is 9.97 Å². The van der Waals surface area contributed by atoms with Gasteiger partial charge in [0.25, 0.3) is 5.92 Å². The van der Waals surface area contributed by atoms with Crippen LogP contribution in [0.3, 0.4) is 0 Å². The Morgan fingerprint density at radius 2 is 2.06 bits per heavy atom. The van der Waals surface area contributed by atoms with Gasteiger partial charge in [0.1, 0.15) is 17.9 Å². The summed E-state index contributed by atoms with van der Waals surface area (Å²) in [6.45, 7) is 3.00. The lowest BCUT2D eigenvalue weighted by atomic mass is 9.56. The number of hydrogen-bond acceptors (Lipinski definition) is 6. The predicted molar refractivity (Wildman–Crippen MR) is 114 cm³/mol. The van der Waals surface area contributed by atoms with Gasteiger partial charge in [-0.1, -0.05) is 19.1 Å². The molecule has 9 heteroatoms. The topological polar surface area (TPSA) is 119 Å². The van der Waals surface area contributed by atoms with Crippen LogP contribution in [-0.2, 0) is 14.3 Å². The number of fused-ring (bicyclic) bond motifs is 1. The Balaban J connectivity index is 1.67. The lowest BCUT2D eigenvalue weighted by molar-refractivity contribution is -0.177. The summed E-state index contributed by atoms with van der Waals surface area (Å²) in [4.78, 5) is 33.2. The van der Waals surface area contributed by atoms with E-state index < -0.39 is 53.5 Å². The number of ether oxygens (including phenoxy) is 1. The van der Waals surface area contributed by atoms with E-state index in [1.165, 1.54) is 13.1 Å². The zero-order chi connectivity index (χ0) is 24.0. The van der Waals surface area contributed by atoms with Gasteiger partial charge in [-0.3, -0.25) is 14.6 Å². The van der Waals surface area contributed by atoms with E-state index in [1.54, 1.807) is 49.5 Å². The van der Waals surface area contributed by atoms with Crippen LogP contribution >= 0.6 is 0 Å². The van der Waals surface area contributed by atoms with Crippen LogP contribution in [0, 0.1) is 34.5 Å². The van der Waals surface area contributed by atoms with E-state index in [0.717, 1.165) is 0 Å². The van der Waals surface area contributed by atoms with E-state index >= 15 is 0 Å². The average Bonchev–Trinajstić information content (AvgIpc) is 3.04. The molecule has 1 aliphatic carbocycles. The zero-order valence-corrected chi connectivity index (χ0v) is 18.0. The maximum absolute atomic E-state index is 14.9. The monoisotopic (exact) mass is 452 g/mol. The van der Waals surface area contributed by atoms with Crippen LogP contribution in [0.25, 0.3) is 17.2 Å².